The second-order valence-electron chi connectivity index (χ2n) is 9.83. The van der Waals surface area contributed by atoms with E-state index in [1.807, 2.05) is 58.5 Å². The van der Waals surface area contributed by atoms with Crippen molar-refractivity contribution in [2.75, 3.05) is 25.4 Å². The maximum absolute atomic E-state index is 12.8. The summed E-state index contributed by atoms with van der Waals surface area (Å²) in [6, 6.07) is 15.8. The van der Waals surface area contributed by atoms with Gasteiger partial charge in [-0.1, -0.05) is 72.2 Å². The van der Waals surface area contributed by atoms with Crippen LogP contribution in [0.25, 0.3) is 5.69 Å². The lowest BCUT2D eigenvalue weighted by Crippen LogP contribution is -2.55. The van der Waals surface area contributed by atoms with Crippen LogP contribution in [0.5, 0.6) is 0 Å². The van der Waals surface area contributed by atoms with Gasteiger partial charge in [0.15, 0.2) is 5.16 Å². The molecule has 1 unspecified atom stereocenters. The van der Waals surface area contributed by atoms with Crippen molar-refractivity contribution in [2.45, 2.75) is 63.6 Å². The number of thioether (sulfide) groups is 1. The fourth-order valence-electron chi connectivity index (χ4n) is 4.78. The summed E-state index contributed by atoms with van der Waals surface area (Å²) in [6.45, 7) is 5.89. The molecule has 0 aliphatic carbocycles. The SMILES string of the molecule is CCCC(=O)N1CCN(C(=O)CCCCSc2nnc(Cc3ccccc3)n2-c2ccc(Cl)c(Cl)c2)CC1C. The molecular weight excluding hydrogens is 553 g/mol. The first-order valence-corrected chi connectivity index (χ1v) is 15.2. The highest BCUT2D eigenvalue weighted by Gasteiger charge is 2.28. The van der Waals surface area contributed by atoms with E-state index >= 15 is 0 Å². The molecule has 2 aromatic carbocycles. The van der Waals surface area contributed by atoms with Gasteiger partial charge in [0.1, 0.15) is 5.82 Å². The molecular formula is C29H35Cl2N5O2S. The molecule has 4 rings (SSSR count). The number of unbranched alkanes of at least 4 members (excludes halogenated alkanes) is 1. The third kappa shape index (κ3) is 7.77. The molecule has 3 aromatic rings. The highest BCUT2D eigenvalue weighted by atomic mass is 35.5. The molecule has 0 saturated carbocycles. The second-order valence-corrected chi connectivity index (χ2v) is 11.7. The smallest absolute Gasteiger partial charge is 0.222 e. The van der Waals surface area contributed by atoms with Gasteiger partial charge in [0, 0.05) is 50.7 Å². The van der Waals surface area contributed by atoms with Crippen molar-refractivity contribution < 1.29 is 9.59 Å². The standard InChI is InChI=1S/C29H35Cl2N5O2S/c1-3-9-28(38)35-16-15-34(20-21(35)2)27(37)12-7-8-17-39-29-33-32-26(18-22-10-5-4-6-11-22)36(29)23-13-14-24(30)25(31)19-23/h4-6,10-11,13-14,19,21H,3,7-9,12,15-18,20H2,1-2H3. The summed E-state index contributed by atoms with van der Waals surface area (Å²) in [5.74, 6) is 1.99. The summed E-state index contributed by atoms with van der Waals surface area (Å²) in [7, 11) is 0. The zero-order chi connectivity index (χ0) is 27.8. The summed E-state index contributed by atoms with van der Waals surface area (Å²) in [6.07, 6.45) is 4.24. The van der Waals surface area contributed by atoms with Gasteiger partial charge >= 0.3 is 0 Å². The maximum Gasteiger partial charge on any atom is 0.222 e. The largest absolute Gasteiger partial charge is 0.339 e. The van der Waals surface area contributed by atoms with Crippen molar-refractivity contribution in [2.24, 2.45) is 0 Å². The minimum Gasteiger partial charge on any atom is -0.339 e. The molecule has 0 radical (unpaired) electrons. The van der Waals surface area contributed by atoms with Crippen molar-refractivity contribution in [3.8, 4) is 5.69 Å². The van der Waals surface area contributed by atoms with Crippen LogP contribution in [0.4, 0.5) is 0 Å². The van der Waals surface area contributed by atoms with E-state index in [1.54, 1.807) is 17.8 Å². The number of hydrogen-bond donors (Lipinski definition) is 0. The highest BCUT2D eigenvalue weighted by molar-refractivity contribution is 7.99. The molecule has 208 valence electrons. The van der Waals surface area contributed by atoms with E-state index in [4.69, 9.17) is 23.2 Å². The van der Waals surface area contributed by atoms with Gasteiger partial charge in [-0.05, 0) is 49.9 Å². The number of amides is 2. The Labute approximate surface area is 244 Å². The van der Waals surface area contributed by atoms with Gasteiger partial charge in [0.2, 0.25) is 11.8 Å². The number of aromatic nitrogens is 3. The summed E-state index contributed by atoms with van der Waals surface area (Å²) >= 11 is 14.1. The lowest BCUT2D eigenvalue weighted by Gasteiger charge is -2.40. The molecule has 0 bridgehead atoms. The predicted octanol–water partition coefficient (Wildman–Crippen LogP) is 6.29. The van der Waals surface area contributed by atoms with Crippen LogP contribution in [-0.4, -0.2) is 67.8 Å². The van der Waals surface area contributed by atoms with Gasteiger partial charge in [-0.15, -0.1) is 10.2 Å². The van der Waals surface area contributed by atoms with E-state index in [9.17, 15) is 9.59 Å². The molecule has 1 aliphatic heterocycles. The van der Waals surface area contributed by atoms with Crippen molar-refractivity contribution in [1.82, 2.24) is 24.6 Å². The van der Waals surface area contributed by atoms with Crippen molar-refractivity contribution in [3.63, 3.8) is 0 Å². The number of hydrogen-bond acceptors (Lipinski definition) is 5. The monoisotopic (exact) mass is 587 g/mol. The molecule has 2 amide bonds. The molecule has 1 aromatic heterocycles. The molecule has 0 N–H and O–H groups in total. The van der Waals surface area contributed by atoms with Crippen LogP contribution in [0.2, 0.25) is 10.0 Å². The number of nitrogens with zero attached hydrogens (tertiary/aromatic N) is 5. The summed E-state index contributed by atoms with van der Waals surface area (Å²) in [5, 5.41) is 10.7. The molecule has 39 heavy (non-hydrogen) atoms. The third-order valence-corrected chi connectivity index (χ3v) is 8.60. The Morgan fingerprint density at radius 1 is 0.974 bits per heavy atom. The van der Waals surface area contributed by atoms with Crippen LogP contribution in [-0.2, 0) is 16.0 Å². The number of rotatable bonds is 11. The lowest BCUT2D eigenvalue weighted by molar-refractivity contribution is -0.142. The van der Waals surface area contributed by atoms with E-state index in [0.717, 1.165) is 47.2 Å². The van der Waals surface area contributed by atoms with Crippen LogP contribution in [0, 0.1) is 0 Å². The zero-order valence-corrected chi connectivity index (χ0v) is 24.8. The number of carbonyl (C=O) groups excluding carboxylic acids is 2. The average molecular weight is 589 g/mol. The van der Waals surface area contributed by atoms with Gasteiger partial charge in [-0.3, -0.25) is 14.2 Å². The fraction of sp³-hybridized carbons (Fsp3) is 0.448. The Bertz CT molecular complexity index is 1270. The van der Waals surface area contributed by atoms with Gasteiger partial charge in [-0.25, -0.2) is 0 Å². The van der Waals surface area contributed by atoms with Gasteiger partial charge < -0.3 is 9.80 Å². The molecule has 1 saturated heterocycles. The molecule has 1 atom stereocenters. The average Bonchev–Trinajstić information content (AvgIpc) is 3.32. The molecule has 0 spiro atoms. The normalized spacial score (nSPS) is 15.5. The Balaban J connectivity index is 1.32. The van der Waals surface area contributed by atoms with Crippen molar-refractivity contribution in [1.29, 1.82) is 0 Å². The van der Waals surface area contributed by atoms with Crippen LogP contribution >= 0.6 is 35.0 Å². The van der Waals surface area contributed by atoms with Gasteiger partial charge in [-0.2, -0.15) is 0 Å². The van der Waals surface area contributed by atoms with Gasteiger partial charge in [0.05, 0.1) is 15.7 Å². The Morgan fingerprint density at radius 3 is 2.49 bits per heavy atom. The zero-order valence-electron chi connectivity index (χ0n) is 22.5. The Hall–Kier alpha value is -2.55. The van der Waals surface area contributed by atoms with E-state index < -0.39 is 0 Å². The first-order chi connectivity index (χ1) is 18.9. The summed E-state index contributed by atoms with van der Waals surface area (Å²) in [5.41, 5.74) is 2.01. The van der Waals surface area contributed by atoms with Crippen molar-refractivity contribution >= 4 is 46.8 Å². The van der Waals surface area contributed by atoms with E-state index in [2.05, 4.69) is 22.3 Å². The Kier molecular flexibility index (Phi) is 10.7. The first kappa shape index (κ1) is 29.4. The molecule has 10 heteroatoms. The summed E-state index contributed by atoms with van der Waals surface area (Å²) in [4.78, 5) is 28.9. The molecule has 1 aliphatic rings. The lowest BCUT2D eigenvalue weighted by atomic mass is 10.1. The second kappa shape index (κ2) is 14.2. The quantitative estimate of drug-likeness (QED) is 0.195. The number of halogens is 2. The van der Waals surface area contributed by atoms with Crippen LogP contribution in [0.1, 0.15) is 57.3 Å². The fourth-order valence-corrected chi connectivity index (χ4v) is 6.04. The predicted molar refractivity (Wildman–Crippen MR) is 158 cm³/mol. The van der Waals surface area contributed by atoms with E-state index in [1.165, 1.54) is 0 Å². The number of carbonyl (C=O) groups is 2. The topological polar surface area (TPSA) is 71.3 Å². The molecule has 1 fully saturated rings. The Morgan fingerprint density at radius 2 is 1.77 bits per heavy atom. The van der Waals surface area contributed by atoms with Crippen LogP contribution < -0.4 is 0 Å². The van der Waals surface area contributed by atoms with E-state index in [0.29, 0.717) is 48.9 Å². The van der Waals surface area contributed by atoms with Gasteiger partial charge in [0.25, 0.3) is 0 Å². The first-order valence-electron chi connectivity index (χ1n) is 13.5. The third-order valence-electron chi connectivity index (χ3n) is 6.85. The highest BCUT2D eigenvalue weighted by Crippen LogP contribution is 2.29. The van der Waals surface area contributed by atoms with Crippen LogP contribution in [0.3, 0.4) is 0 Å². The number of benzene rings is 2. The maximum atomic E-state index is 12.8. The van der Waals surface area contributed by atoms with Crippen LogP contribution in [0.15, 0.2) is 53.7 Å². The number of piperazine rings is 1. The summed E-state index contributed by atoms with van der Waals surface area (Å²) < 4.78 is 2.03. The minimum atomic E-state index is 0.0649. The van der Waals surface area contributed by atoms with E-state index in [-0.39, 0.29) is 17.9 Å². The molecule has 2 heterocycles. The minimum absolute atomic E-state index is 0.0649. The molecule has 7 nitrogen and oxygen atoms in total. The van der Waals surface area contributed by atoms with Crippen molar-refractivity contribution in [3.05, 3.63) is 70.0 Å².